The molecule has 0 bridgehead atoms. The maximum Gasteiger partial charge on any atom is 0.00201 e. The lowest BCUT2D eigenvalue weighted by Gasteiger charge is -2.42. The molecule has 1 rings (SSSR count). The summed E-state index contributed by atoms with van der Waals surface area (Å²) in [5.74, 6) is 0. The highest BCUT2D eigenvalue weighted by Gasteiger charge is 2.33. The van der Waals surface area contributed by atoms with Gasteiger partial charge in [-0.25, -0.2) is 0 Å². The van der Waals surface area contributed by atoms with Crippen molar-refractivity contribution in [1.82, 2.24) is 5.32 Å². The van der Waals surface area contributed by atoms with Gasteiger partial charge in [0.05, 0.1) is 0 Å². The van der Waals surface area contributed by atoms with E-state index in [0.29, 0.717) is 5.41 Å². The van der Waals surface area contributed by atoms with Crippen LogP contribution >= 0.6 is 0 Å². The molecule has 1 fully saturated rings. The molecular weight excluding hydrogens is 182 g/mol. The third-order valence-corrected chi connectivity index (χ3v) is 2.53. The standard InChI is InChI=1S/C8H17N.3C2H6/c1-3-5-8(4-2)6-9-7-8;3*1-2/h9H,3-7H2,1-2H3;3*1-2H3. The minimum absolute atomic E-state index is 0.703. The lowest BCUT2D eigenvalue weighted by molar-refractivity contribution is 0.144. The largest absolute Gasteiger partial charge is 0.316 e. The monoisotopic (exact) mass is 217 g/mol. The Labute approximate surface area is 99.0 Å². The Balaban J connectivity index is -0.000000208. The van der Waals surface area contributed by atoms with E-state index >= 15 is 0 Å². The van der Waals surface area contributed by atoms with Crippen LogP contribution in [-0.2, 0) is 0 Å². The average Bonchev–Trinajstić information content (AvgIpc) is 2.32. The molecule has 1 heterocycles. The highest BCUT2D eigenvalue weighted by atomic mass is 15.0. The van der Waals surface area contributed by atoms with Crippen LogP contribution in [0.25, 0.3) is 0 Å². The van der Waals surface area contributed by atoms with Crippen LogP contribution in [0.5, 0.6) is 0 Å². The number of hydrogen-bond acceptors (Lipinski definition) is 1. The first-order valence-electron chi connectivity index (χ1n) is 7.04. The van der Waals surface area contributed by atoms with Crippen LogP contribution in [0.1, 0.15) is 74.7 Å². The van der Waals surface area contributed by atoms with Crippen LogP contribution in [0.3, 0.4) is 0 Å². The molecule has 1 N–H and O–H groups in total. The molecule has 15 heavy (non-hydrogen) atoms. The first-order valence-corrected chi connectivity index (χ1v) is 7.04. The fourth-order valence-electron chi connectivity index (χ4n) is 1.61. The summed E-state index contributed by atoms with van der Waals surface area (Å²) in [5.41, 5.74) is 0.703. The quantitative estimate of drug-likeness (QED) is 0.711. The Bertz CT molecular complexity index is 79.8. The predicted molar refractivity (Wildman–Crippen MR) is 74.5 cm³/mol. The summed E-state index contributed by atoms with van der Waals surface area (Å²) in [6.45, 7) is 19.1. The molecule has 0 amide bonds. The van der Waals surface area contributed by atoms with Crippen molar-refractivity contribution >= 4 is 0 Å². The number of hydrogen-bond donors (Lipinski definition) is 1. The van der Waals surface area contributed by atoms with E-state index in [4.69, 9.17) is 0 Å². The highest BCUT2D eigenvalue weighted by Crippen LogP contribution is 2.31. The van der Waals surface area contributed by atoms with Crippen molar-refractivity contribution in [3.05, 3.63) is 0 Å². The summed E-state index contributed by atoms with van der Waals surface area (Å²) < 4.78 is 0. The molecule has 0 radical (unpaired) electrons. The summed E-state index contributed by atoms with van der Waals surface area (Å²) in [6, 6.07) is 0. The third kappa shape index (κ3) is 8.92. The van der Waals surface area contributed by atoms with Gasteiger partial charge in [-0.1, -0.05) is 61.8 Å². The van der Waals surface area contributed by atoms with E-state index in [2.05, 4.69) is 19.2 Å². The van der Waals surface area contributed by atoms with Gasteiger partial charge in [0.2, 0.25) is 0 Å². The second kappa shape index (κ2) is 16.4. The van der Waals surface area contributed by atoms with E-state index in [-0.39, 0.29) is 0 Å². The van der Waals surface area contributed by atoms with Crippen molar-refractivity contribution < 1.29 is 0 Å². The number of rotatable bonds is 3. The first-order chi connectivity index (χ1) is 7.33. The van der Waals surface area contributed by atoms with E-state index in [0.717, 1.165) is 0 Å². The molecule has 96 valence electrons. The Morgan fingerprint density at radius 2 is 1.27 bits per heavy atom. The zero-order valence-corrected chi connectivity index (χ0v) is 12.5. The fraction of sp³-hybridized carbons (Fsp3) is 1.00. The van der Waals surface area contributed by atoms with Crippen molar-refractivity contribution in [2.75, 3.05) is 13.1 Å². The maximum atomic E-state index is 3.34. The molecule has 1 heteroatoms. The summed E-state index contributed by atoms with van der Waals surface area (Å²) in [6.07, 6.45) is 4.11. The molecule has 0 saturated carbocycles. The number of nitrogens with one attached hydrogen (secondary N) is 1. The van der Waals surface area contributed by atoms with E-state index < -0.39 is 0 Å². The lowest BCUT2D eigenvalue weighted by Crippen LogP contribution is -2.52. The lowest BCUT2D eigenvalue weighted by atomic mass is 9.76. The zero-order chi connectivity index (χ0) is 12.7. The molecule has 1 saturated heterocycles. The minimum atomic E-state index is 0.703. The van der Waals surface area contributed by atoms with Crippen LogP contribution in [0.15, 0.2) is 0 Å². The average molecular weight is 217 g/mol. The van der Waals surface area contributed by atoms with Crippen LogP contribution in [0, 0.1) is 5.41 Å². The van der Waals surface area contributed by atoms with Gasteiger partial charge in [-0.15, -0.1) is 0 Å². The van der Waals surface area contributed by atoms with Crippen LogP contribution in [0.4, 0.5) is 0 Å². The minimum Gasteiger partial charge on any atom is -0.316 e. The van der Waals surface area contributed by atoms with Gasteiger partial charge >= 0.3 is 0 Å². The molecule has 1 nitrogen and oxygen atoms in total. The normalized spacial score (nSPS) is 15.2. The molecule has 0 aromatic carbocycles. The predicted octanol–water partition coefficient (Wildman–Crippen LogP) is 4.86. The van der Waals surface area contributed by atoms with E-state index in [1.54, 1.807) is 0 Å². The molecule has 0 unspecified atom stereocenters. The summed E-state index contributed by atoms with van der Waals surface area (Å²) in [5, 5.41) is 3.34. The summed E-state index contributed by atoms with van der Waals surface area (Å²) in [4.78, 5) is 0. The molecule has 0 aliphatic carbocycles. The van der Waals surface area contributed by atoms with E-state index in [9.17, 15) is 0 Å². The summed E-state index contributed by atoms with van der Waals surface area (Å²) >= 11 is 0. The van der Waals surface area contributed by atoms with Crippen molar-refractivity contribution in [1.29, 1.82) is 0 Å². The van der Waals surface area contributed by atoms with Crippen LogP contribution < -0.4 is 5.32 Å². The van der Waals surface area contributed by atoms with Crippen molar-refractivity contribution in [3.63, 3.8) is 0 Å². The second-order valence-corrected chi connectivity index (χ2v) is 3.21. The van der Waals surface area contributed by atoms with Crippen molar-refractivity contribution in [2.24, 2.45) is 5.41 Å². The molecule has 0 aromatic rings. The van der Waals surface area contributed by atoms with Gasteiger partial charge in [0.15, 0.2) is 0 Å². The molecule has 0 atom stereocenters. The van der Waals surface area contributed by atoms with Gasteiger partial charge in [0.25, 0.3) is 0 Å². The molecule has 0 aromatic heterocycles. The smallest absolute Gasteiger partial charge is 0.00201 e. The Hall–Kier alpha value is -0.0400. The van der Waals surface area contributed by atoms with Crippen molar-refractivity contribution in [2.45, 2.75) is 74.7 Å². The van der Waals surface area contributed by atoms with Gasteiger partial charge in [-0.05, 0) is 18.3 Å². The van der Waals surface area contributed by atoms with Gasteiger partial charge in [0.1, 0.15) is 0 Å². The SMILES string of the molecule is CC.CC.CC.CCCC1(CC)CNC1. The zero-order valence-electron chi connectivity index (χ0n) is 12.5. The Kier molecular flexibility index (Phi) is 22.3. The van der Waals surface area contributed by atoms with Gasteiger partial charge in [-0.3, -0.25) is 0 Å². The maximum absolute atomic E-state index is 3.34. The van der Waals surface area contributed by atoms with Gasteiger partial charge in [0, 0.05) is 13.1 Å². The van der Waals surface area contributed by atoms with Crippen molar-refractivity contribution in [3.8, 4) is 0 Å². The molecular formula is C14H35N. The summed E-state index contributed by atoms with van der Waals surface area (Å²) in [7, 11) is 0. The van der Waals surface area contributed by atoms with Gasteiger partial charge < -0.3 is 5.32 Å². The Morgan fingerprint density at radius 1 is 0.867 bits per heavy atom. The molecule has 1 aliphatic rings. The fourth-order valence-corrected chi connectivity index (χ4v) is 1.61. The third-order valence-electron chi connectivity index (χ3n) is 2.53. The second-order valence-electron chi connectivity index (χ2n) is 3.21. The van der Waals surface area contributed by atoms with Gasteiger partial charge in [-0.2, -0.15) is 0 Å². The highest BCUT2D eigenvalue weighted by molar-refractivity contribution is 4.90. The molecule has 1 aliphatic heterocycles. The topological polar surface area (TPSA) is 12.0 Å². The van der Waals surface area contributed by atoms with E-state index in [1.165, 1.54) is 32.4 Å². The van der Waals surface area contributed by atoms with Crippen LogP contribution in [-0.4, -0.2) is 13.1 Å². The first kappa shape index (κ1) is 20.4. The molecule has 0 spiro atoms. The van der Waals surface area contributed by atoms with E-state index in [1.807, 2.05) is 41.5 Å². The van der Waals surface area contributed by atoms with Crippen LogP contribution in [0.2, 0.25) is 0 Å². The Morgan fingerprint density at radius 3 is 1.33 bits per heavy atom.